The Kier molecular flexibility index (Phi) is 4.77. The van der Waals surface area contributed by atoms with Gasteiger partial charge in [0.05, 0.1) is 33.9 Å². The molecule has 0 radical (unpaired) electrons. The minimum Gasteiger partial charge on any atom is -0.379 e. The number of anilines is 2. The molecule has 2 aromatic carbocycles. The van der Waals surface area contributed by atoms with Gasteiger partial charge in [0.2, 0.25) is 5.91 Å². The van der Waals surface area contributed by atoms with Crippen molar-refractivity contribution in [3.05, 3.63) is 64.4 Å². The molecule has 1 aliphatic heterocycles. The van der Waals surface area contributed by atoms with Gasteiger partial charge >= 0.3 is 0 Å². The Morgan fingerprint density at radius 1 is 1.07 bits per heavy atom. The molecule has 2 heterocycles. The first-order valence-electron chi connectivity index (χ1n) is 8.86. The summed E-state index contributed by atoms with van der Waals surface area (Å²) in [5, 5.41) is 12.6. The first kappa shape index (κ1) is 18.8. The highest BCUT2D eigenvalue weighted by Crippen LogP contribution is 2.35. The number of β-lactam (4-membered cyclic amide) rings is 1. The molecule has 1 N–H and O–H groups in total. The van der Waals surface area contributed by atoms with Gasteiger partial charge in [0.25, 0.3) is 0 Å². The SMILES string of the molecule is CC1(C)CN(c2ccc(NCc3cn(-c4ccc(Cl)c(Cl)c4)nn3)cc2)C1=O. The Labute approximate surface area is 173 Å². The molecule has 0 aliphatic carbocycles. The highest BCUT2D eigenvalue weighted by atomic mass is 35.5. The third-order valence-electron chi connectivity index (χ3n) is 4.74. The molecule has 1 saturated heterocycles. The van der Waals surface area contributed by atoms with E-state index < -0.39 is 0 Å². The van der Waals surface area contributed by atoms with Crippen LogP contribution in [-0.4, -0.2) is 27.4 Å². The molecule has 8 heteroatoms. The molecule has 1 fully saturated rings. The third-order valence-corrected chi connectivity index (χ3v) is 5.48. The Hall–Kier alpha value is -2.57. The van der Waals surface area contributed by atoms with Gasteiger partial charge in [-0.15, -0.1) is 5.10 Å². The lowest BCUT2D eigenvalue weighted by Crippen LogP contribution is -2.58. The van der Waals surface area contributed by atoms with E-state index in [2.05, 4.69) is 15.6 Å². The summed E-state index contributed by atoms with van der Waals surface area (Å²) in [5.41, 5.74) is 3.19. The van der Waals surface area contributed by atoms with Crippen LogP contribution in [0, 0.1) is 5.41 Å². The predicted octanol–water partition coefficient (Wildman–Crippen LogP) is 4.56. The maximum Gasteiger partial charge on any atom is 0.234 e. The molecule has 1 amide bonds. The zero-order chi connectivity index (χ0) is 19.9. The summed E-state index contributed by atoms with van der Waals surface area (Å²) in [5.74, 6) is 0.159. The number of carbonyl (C=O) groups excluding carboxylic acids is 1. The molecule has 0 saturated carbocycles. The van der Waals surface area contributed by atoms with Crippen LogP contribution in [0.3, 0.4) is 0 Å². The Morgan fingerprint density at radius 3 is 2.43 bits per heavy atom. The van der Waals surface area contributed by atoms with Gasteiger partial charge < -0.3 is 10.2 Å². The van der Waals surface area contributed by atoms with E-state index in [0.29, 0.717) is 16.6 Å². The molecule has 0 unspecified atom stereocenters. The van der Waals surface area contributed by atoms with Crippen molar-refractivity contribution >= 4 is 40.5 Å². The van der Waals surface area contributed by atoms with Gasteiger partial charge in [-0.1, -0.05) is 28.4 Å². The molecule has 1 aliphatic rings. The van der Waals surface area contributed by atoms with Crippen LogP contribution >= 0.6 is 23.2 Å². The fourth-order valence-corrected chi connectivity index (χ4v) is 3.39. The summed E-state index contributed by atoms with van der Waals surface area (Å²) in [7, 11) is 0. The second-order valence-corrected chi connectivity index (χ2v) is 8.24. The largest absolute Gasteiger partial charge is 0.379 e. The number of halogens is 2. The smallest absolute Gasteiger partial charge is 0.234 e. The van der Waals surface area contributed by atoms with E-state index in [-0.39, 0.29) is 11.3 Å². The van der Waals surface area contributed by atoms with Crippen molar-refractivity contribution in [3.8, 4) is 5.69 Å². The minimum absolute atomic E-state index is 0.159. The third kappa shape index (κ3) is 3.57. The summed E-state index contributed by atoms with van der Waals surface area (Å²) < 4.78 is 1.65. The Balaban J connectivity index is 1.38. The van der Waals surface area contributed by atoms with E-state index in [1.807, 2.05) is 50.4 Å². The van der Waals surface area contributed by atoms with Crippen molar-refractivity contribution in [3.63, 3.8) is 0 Å². The lowest BCUT2D eigenvalue weighted by molar-refractivity contribution is -0.132. The normalized spacial score (nSPS) is 15.4. The number of nitrogens with zero attached hydrogens (tertiary/aromatic N) is 4. The van der Waals surface area contributed by atoms with E-state index in [1.165, 1.54) is 0 Å². The predicted molar refractivity (Wildman–Crippen MR) is 111 cm³/mol. The van der Waals surface area contributed by atoms with E-state index in [1.54, 1.807) is 21.7 Å². The average molecular weight is 416 g/mol. The van der Waals surface area contributed by atoms with Crippen LogP contribution in [0.1, 0.15) is 19.5 Å². The lowest BCUT2D eigenvalue weighted by Gasteiger charge is -2.44. The van der Waals surface area contributed by atoms with E-state index in [0.717, 1.165) is 29.3 Å². The van der Waals surface area contributed by atoms with Gasteiger partial charge in [-0.25, -0.2) is 4.68 Å². The topological polar surface area (TPSA) is 63.1 Å². The van der Waals surface area contributed by atoms with Crippen molar-refractivity contribution < 1.29 is 4.79 Å². The maximum atomic E-state index is 12.1. The molecule has 0 spiro atoms. The molecule has 144 valence electrons. The van der Waals surface area contributed by atoms with E-state index in [4.69, 9.17) is 23.2 Å². The molecule has 4 rings (SSSR count). The molecule has 0 bridgehead atoms. The molecule has 0 atom stereocenters. The van der Waals surface area contributed by atoms with Crippen molar-refractivity contribution in [1.82, 2.24) is 15.0 Å². The van der Waals surface area contributed by atoms with Gasteiger partial charge in [0.15, 0.2) is 0 Å². The molecule has 6 nitrogen and oxygen atoms in total. The van der Waals surface area contributed by atoms with Crippen LogP contribution in [0.25, 0.3) is 5.69 Å². The number of rotatable bonds is 5. The van der Waals surface area contributed by atoms with Gasteiger partial charge in [0, 0.05) is 17.9 Å². The van der Waals surface area contributed by atoms with Crippen LogP contribution in [0.5, 0.6) is 0 Å². The summed E-state index contributed by atoms with van der Waals surface area (Å²) in [6.45, 7) is 5.20. The van der Waals surface area contributed by atoms with Gasteiger partial charge in [-0.3, -0.25) is 4.79 Å². The number of aromatic nitrogens is 3. The maximum absolute atomic E-state index is 12.1. The monoisotopic (exact) mass is 415 g/mol. The van der Waals surface area contributed by atoms with Crippen molar-refractivity contribution in [2.45, 2.75) is 20.4 Å². The standard InChI is InChI=1S/C20H19Cl2N5O/c1-20(2)12-26(19(20)28)15-5-3-13(4-6-15)23-10-14-11-27(25-24-14)16-7-8-17(21)18(22)9-16/h3-9,11,23H,10,12H2,1-2H3. The molecular formula is C20H19Cl2N5O. The number of hydrogen-bond acceptors (Lipinski definition) is 4. The lowest BCUT2D eigenvalue weighted by atomic mass is 9.83. The fourth-order valence-electron chi connectivity index (χ4n) is 3.10. The summed E-state index contributed by atoms with van der Waals surface area (Å²) in [6.07, 6.45) is 1.84. The van der Waals surface area contributed by atoms with Gasteiger partial charge in [0.1, 0.15) is 5.69 Å². The van der Waals surface area contributed by atoms with Crippen LogP contribution in [0.15, 0.2) is 48.7 Å². The second-order valence-electron chi connectivity index (χ2n) is 7.43. The summed E-state index contributed by atoms with van der Waals surface area (Å²) in [4.78, 5) is 13.9. The van der Waals surface area contributed by atoms with Crippen LogP contribution < -0.4 is 10.2 Å². The zero-order valence-corrected chi connectivity index (χ0v) is 17.0. The van der Waals surface area contributed by atoms with Gasteiger partial charge in [-0.05, 0) is 56.3 Å². The number of carbonyl (C=O) groups is 1. The summed E-state index contributed by atoms with van der Waals surface area (Å²) >= 11 is 12.0. The molecular weight excluding hydrogens is 397 g/mol. The highest BCUT2D eigenvalue weighted by Gasteiger charge is 2.44. The first-order chi connectivity index (χ1) is 13.3. The number of hydrogen-bond donors (Lipinski definition) is 1. The Bertz CT molecular complexity index is 1030. The average Bonchev–Trinajstić information content (AvgIpc) is 3.16. The Morgan fingerprint density at radius 2 is 1.79 bits per heavy atom. The van der Waals surface area contributed by atoms with E-state index in [9.17, 15) is 4.79 Å². The second kappa shape index (κ2) is 7.11. The number of benzene rings is 2. The number of amides is 1. The molecule has 28 heavy (non-hydrogen) atoms. The van der Waals surface area contributed by atoms with Crippen molar-refractivity contribution in [1.29, 1.82) is 0 Å². The molecule has 1 aromatic heterocycles. The van der Waals surface area contributed by atoms with Crippen LogP contribution in [-0.2, 0) is 11.3 Å². The van der Waals surface area contributed by atoms with Gasteiger partial charge in [-0.2, -0.15) is 0 Å². The highest BCUT2D eigenvalue weighted by molar-refractivity contribution is 6.42. The quantitative estimate of drug-likeness (QED) is 0.620. The zero-order valence-electron chi connectivity index (χ0n) is 15.5. The minimum atomic E-state index is -0.253. The summed E-state index contributed by atoms with van der Waals surface area (Å²) in [6, 6.07) is 13.1. The fraction of sp³-hybridized carbons (Fsp3) is 0.250. The van der Waals surface area contributed by atoms with Crippen molar-refractivity contribution in [2.24, 2.45) is 5.41 Å². The number of nitrogens with one attached hydrogen (secondary N) is 1. The van der Waals surface area contributed by atoms with Crippen molar-refractivity contribution in [2.75, 3.05) is 16.8 Å². The van der Waals surface area contributed by atoms with Crippen LogP contribution in [0.2, 0.25) is 10.0 Å². The first-order valence-corrected chi connectivity index (χ1v) is 9.62. The van der Waals surface area contributed by atoms with E-state index >= 15 is 0 Å². The molecule has 3 aromatic rings. The van der Waals surface area contributed by atoms with Crippen LogP contribution in [0.4, 0.5) is 11.4 Å².